The topological polar surface area (TPSA) is 20.2 Å². The highest BCUT2D eigenvalue weighted by molar-refractivity contribution is 7.19. The second-order valence-electron chi connectivity index (χ2n) is 4.98. The summed E-state index contributed by atoms with van der Waals surface area (Å²) in [6.07, 6.45) is 2.64. The molecule has 0 spiro atoms. The lowest BCUT2D eigenvalue weighted by molar-refractivity contribution is 0.148. The van der Waals surface area contributed by atoms with Crippen molar-refractivity contribution in [3.8, 4) is 0 Å². The van der Waals surface area contributed by atoms with Gasteiger partial charge < -0.3 is 5.11 Å². The van der Waals surface area contributed by atoms with E-state index in [-0.39, 0.29) is 5.82 Å². The lowest BCUT2D eigenvalue weighted by Crippen LogP contribution is -2.02. The molecule has 2 rings (SSSR count). The zero-order valence-electron chi connectivity index (χ0n) is 10.8. The monoisotopic (exact) mass is 266 g/mol. The summed E-state index contributed by atoms with van der Waals surface area (Å²) < 4.78 is 14.1. The van der Waals surface area contributed by atoms with E-state index < -0.39 is 6.10 Å². The molecule has 0 aliphatic rings. The van der Waals surface area contributed by atoms with Crippen molar-refractivity contribution in [3.63, 3.8) is 0 Å². The first kappa shape index (κ1) is 13.5. The van der Waals surface area contributed by atoms with Crippen molar-refractivity contribution in [2.24, 2.45) is 5.92 Å². The van der Waals surface area contributed by atoms with Crippen molar-refractivity contribution in [1.29, 1.82) is 0 Å². The number of hydrogen-bond acceptors (Lipinski definition) is 2. The average Bonchev–Trinajstić information content (AvgIpc) is 2.72. The van der Waals surface area contributed by atoms with Gasteiger partial charge in [0.1, 0.15) is 5.82 Å². The summed E-state index contributed by atoms with van der Waals surface area (Å²) >= 11 is 1.56. The lowest BCUT2D eigenvalue weighted by Gasteiger charge is -2.14. The predicted molar refractivity (Wildman–Crippen MR) is 75.4 cm³/mol. The summed E-state index contributed by atoms with van der Waals surface area (Å²) in [6.45, 7) is 4.32. The molecule has 0 saturated heterocycles. The van der Waals surface area contributed by atoms with Crippen LogP contribution in [-0.2, 0) is 0 Å². The third-order valence-electron chi connectivity index (χ3n) is 3.23. The molecular weight excluding hydrogens is 247 g/mol. The fourth-order valence-corrected chi connectivity index (χ4v) is 3.35. The first-order chi connectivity index (χ1) is 8.60. The molecule has 3 heteroatoms. The van der Waals surface area contributed by atoms with Gasteiger partial charge in [0, 0.05) is 9.58 Å². The van der Waals surface area contributed by atoms with E-state index in [1.165, 1.54) is 12.1 Å². The van der Waals surface area contributed by atoms with Crippen LogP contribution in [0.1, 0.15) is 44.1 Å². The molecule has 0 aliphatic heterocycles. The Balaban J connectivity index is 2.15. The molecular formula is C15H19FOS. The number of rotatable bonds is 5. The molecule has 2 unspecified atom stereocenters. The second kappa shape index (κ2) is 5.81. The van der Waals surface area contributed by atoms with Gasteiger partial charge in [-0.15, -0.1) is 11.3 Å². The molecule has 0 amide bonds. The number of benzene rings is 1. The van der Waals surface area contributed by atoms with Gasteiger partial charge in [0.25, 0.3) is 0 Å². The van der Waals surface area contributed by atoms with Crippen molar-refractivity contribution < 1.29 is 9.50 Å². The normalized spacial score (nSPS) is 14.9. The molecule has 1 aromatic carbocycles. The van der Waals surface area contributed by atoms with Crippen LogP contribution in [-0.4, -0.2) is 5.11 Å². The molecule has 0 radical (unpaired) electrons. The molecule has 0 fully saturated rings. The highest BCUT2D eigenvalue weighted by Crippen LogP contribution is 2.33. The SMILES string of the molecule is CCCC(C)CC(O)c1cc2cc(F)ccc2s1. The highest BCUT2D eigenvalue weighted by Gasteiger charge is 2.15. The predicted octanol–water partition coefficient (Wildman–Crippen LogP) is 4.90. The van der Waals surface area contributed by atoms with E-state index in [0.717, 1.165) is 34.2 Å². The molecule has 0 aliphatic carbocycles. The third kappa shape index (κ3) is 3.09. The Bertz CT molecular complexity index is 520. The molecule has 1 aromatic heterocycles. The van der Waals surface area contributed by atoms with E-state index in [2.05, 4.69) is 13.8 Å². The Hall–Kier alpha value is -0.930. The fraction of sp³-hybridized carbons (Fsp3) is 0.467. The van der Waals surface area contributed by atoms with E-state index in [1.807, 2.05) is 6.07 Å². The zero-order valence-corrected chi connectivity index (χ0v) is 11.6. The summed E-state index contributed by atoms with van der Waals surface area (Å²) in [7, 11) is 0. The van der Waals surface area contributed by atoms with E-state index in [0.29, 0.717) is 5.92 Å². The zero-order chi connectivity index (χ0) is 13.1. The highest BCUT2D eigenvalue weighted by atomic mass is 32.1. The molecule has 2 atom stereocenters. The lowest BCUT2D eigenvalue weighted by atomic mass is 9.98. The van der Waals surface area contributed by atoms with Gasteiger partial charge in [-0.05, 0) is 42.0 Å². The van der Waals surface area contributed by atoms with Crippen molar-refractivity contribution in [3.05, 3.63) is 35.0 Å². The van der Waals surface area contributed by atoms with Gasteiger partial charge in [-0.25, -0.2) is 4.39 Å². The largest absolute Gasteiger partial charge is 0.388 e. The summed E-state index contributed by atoms with van der Waals surface area (Å²) in [5.41, 5.74) is 0. The number of thiophene rings is 1. The van der Waals surface area contributed by atoms with Crippen LogP contribution < -0.4 is 0 Å². The third-order valence-corrected chi connectivity index (χ3v) is 4.45. The van der Waals surface area contributed by atoms with Crippen LogP contribution in [0.25, 0.3) is 10.1 Å². The van der Waals surface area contributed by atoms with Crippen molar-refractivity contribution >= 4 is 21.4 Å². The fourth-order valence-electron chi connectivity index (χ4n) is 2.31. The van der Waals surface area contributed by atoms with Crippen LogP contribution in [0.4, 0.5) is 4.39 Å². The van der Waals surface area contributed by atoms with Gasteiger partial charge in [0.15, 0.2) is 0 Å². The van der Waals surface area contributed by atoms with Crippen molar-refractivity contribution in [2.75, 3.05) is 0 Å². The molecule has 1 N–H and O–H groups in total. The van der Waals surface area contributed by atoms with Gasteiger partial charge in [0.2, 0.25) is 0 Å². The Morgan fingerprint density at radius 3 is 2.83 bits per heavy atom. The quantitative estimate of drug-likeness (QED) is 0.816. The van der Waals surface area contributed by atoms with E-state index >= 15 is 0 Å². The smallest absolute Gasteiger partial charge is 0.123 e. The Labute approximate surface area is 111 Å². The number of halogens is 1. The van der Waals surface area contributed by atoms with Crippen LogP contribution in [0.15, 0.2) is 24.3 Å². The molecule has 1 nitrogen and oxygen atoms in total. The van der Waals surface area contributed by atoms with Crippen LogP contribution in [0.3, 0.4) is 0 Å². The van der Waals surface area contributed by atoms with Crippen LogP contribution in [0.2, 0.25) is 0 Å². The van der Waals surface area contributed by atoms with Gasteiger partial charge >= 0.3 is 0 Å². The molecule has 98 valence electrons. The van der Waals surface area contributed by atoms with Gasteiger partial charge in [-0.1, -0.05) is 26.7 Å². The molecule has 1 heterocycles. The Morgan fingerprint density at radius 1 is 1.33 bits per heavy atom. The maximum Gasteiger partial charge on any atom is 0.123 e. The molecule has 2 aromatic rings. The minimum atomic E-state index is -0.424. The van der Waals surface area contributed by atoms with E-state index in [4.69, 9.17) is 0 Å². The summed E-state index contributed by atoms with van der Waals surface area (Å²) in [5, 5.41) is 11.1. The minimum Gasteiger partial charge on any atom is -0.388 e. The summed E-state index contributed by atoms with van der Waals surface area (Å²) in [5.74, 6) is 0.299. The first-order valence-corrected chi connectivity index (χ1v) is 7.29. The summed E-state index contributed by atoms with van der Waals surface area (Å²) in [4.78, 5) is 0.943. The maximum absolute atomic E-state index is 13.1. The van der Waals surface area contributed by atoms with Crippen LogP contribution in [0, 0.1) is 11.7 Å². The number of hydrogen-bond donors (Lipinski definition) is 1. The van der Waals surface area contributed by atoms with Crippen molar-refractivity contribution in [2.45, 2.75) is 39.2 Å². The summed E-state index contributed by atoms with van der Waals surface area (Å²) in [6, 6.07) is 6.68. The van der Waals surface area contributed by atoms with Crippen LogP contribution >= 0.6 is 11.3 Å². The Morgan fingerprint density at radius 2 is 2.11 bits per heavy atom. The van der Waals surface area contributed by atoms with Crippen molar-refractivity contribution in [1.82, 2.24) is 0 Å². The van der Waals surface area contributed by atoms with Crippen LogP contribution in [0.5, 0.6) is 0 Å². The molecule has 0 saturated carbocycles. The maximum atomic E-state index is 13.1. The standard InChI is InChI=1S/C15H19FOS/c1-3-4-10(2)7-13(17)15-9-11-8-12(16)5-6-14(11)18-15/h5-6,8-10,13,17H,3-4,7H2,1-2H3. The van der Waals surface area contributed by atoms with Gasteiger partial charge in [0.05, 0.1) is 6.10 Å². The number of fused-ring (bicyclic) bond motifs is 1. The number of aliphatic hydroxyl groups excluding tert-OH is 1. The van der Waals surface area contributed by atoms with E-state index in [9.17, 15) is 9.50 Å². The Kier molecular flexibility index (Phi) is 4.36. The minimum absolute atomic E-state index is 0.222. The van der Waals surface area contributed by atoms with Gasteiger partial charge in [-0.2, -0.15) is 0 Å². The second-order valence-corrected chi connectivity index (χ2v) is 6.09. The first-order valence-electron chi connectivity index (χ1n) is 6.47. The number of aliphatic hydroxyl groups is 1. The van der Waals surface area contributed by atoms with E-state index in [1.54, 1.807) is 17.4 Å². The van der Waals surface area contributed by atoms with Gasteiger partial charge in [-0.3, -0.25) is 0 Å². The molecule has 0 bridgehead atoms. The molecule has 18 heavy (non-hydrogen) atoms. The average molecular weight is 266 g/mol.